The summed E-state index contributed by atoms with van der Waals surface area (Å²) in [6.45, 7) is 3.06. The van der Waals surface area contributed by atoms with Crippen LogP contribution < -0.4 is 10.1 Å². The summed E-state index contributed by atoms with van der Waals surface area (Å²) in [7, 11) is 1.66. The number of nitrogens with one attached hydrogen (secondary N) is 1. The maximum Gasteiger partial charge on any atom is 0.224 e. The Morgan fingerprint density at radius 1 is 1.19 bits per heavy atom. The molecule has 4 nitrogen and oxygen atoms in total. The predicted molar refractivity (Wildman–Crippen MR) is 100 cm³/mol. The van der Waals surface area contributed by atoms with Crippen molar-refractivity contribution in [2.24, 2.45) is 11.8 Å². The standard InChI is InChI=1S/C22H25NO3/c1-3-26-16-10-8-14(9-11-16)19(13-25-2)23-22(24)21-18-12-15-6-4-5-7-17(15)20(18)21/h4-11,18-21H,3,12-13H2,1-2H3,(H,23,24)/t18?,19-,20?,21?/m0/s1. The lowest BCUT2D eigenvalue weighted by atomic mass is 10.0. The van der Waals surface area contributed by atoms with Gasteiger partial charge in [-0.25, -0.2) is 0 Å². The van der Waals surface area contributed by atoms with Gasteiger partial charge < -0.3 is 14.8 Å². The molecule has 2 aliphatic rings. The van der Waals surface area contributed by atoms with Crippen LogP contribution in [-0.2, 0) is 16.0 Å². The average Bonchev–Trinajstić information content (AvgIpc) is 3.24. The number of hydrogen-bond donors (Lipinski definition) is 1. The first-order valence-electron chi connectivity index (χ1n) is 9.32. The topological polar surface area (TPSA) is 47.6 Å². The second-order valence-corrected chi connectivity index (χ2v) is 7.14. The number of hydrogen-bond acceptors (Lipinski definition) is 3. The van der Waals surface area contributed by atoms with E-state index in [9.17, 15) is 4.79 Å². The van der Waals surface area contributed by atoms with E-state index in [4.69, 9.17) is 9.47 Å². The monoisotopic (exact) mass is 351 g/mol. The normalized spacial score (nSPS) is 23.7. The molecule has 4 atom stereocenters. The van der Waals surface area contributed by atoms with Crippen LogP contribution in [0.15, 0.2) is 48.5 Å². The van der Waals surface area contributed by atoms with E-state index >= 15 is 0 Å². The lowest BCUT2D eigenvalue weighted by molar-refractivity contribution is -0.123. The summed E-state index contributed by atoms with van der Waals surface area (Å²) in [5, 5.41) is 3.20. The van der Waals surface area contributed by atoms with Gasteiger partial charge in [0.1, 0.15) is 5.75 Å². The molecule has 1 amide bonds. The minimum atomic E-state index is -0.139. The molecule has 3 unspecified atom stereocenters. The van der Waals surface area contributed by atoms with Crippen LogP contribution >= 0.6 is 0 Å². The minimum absolute atomic E-state index is 0.104. The van der Waals surface area contributed by atoms with Crippen molar-refractivity contribution in [3.8, 4) is 5.75 Å². The van der Waals surface area contributed by atoms with Gasteiger partial charge in [0.25, 0.3) is 0 Å². The largest absolute Gasteiger partial charge is 0.494 e. The maximum absolute atomic E-state index is 12.9. The Bertz CT molecular complexity index is 786. The fourth-order valence-corrected chi connectivity index (χ4v) is 4.33. The summed E-state index contributed by atoms with van der Waals surface area (Å²) in [5.41, 5.74) is 3.81. The third-order valence-corrected chi connectivity index (χ3v) is 5.58. The van der Waals surface area contributed by atoms with E-state index in [1.54, 1.807) is 7.11 Å². The molecule has 2 aromatic carbocycles. The zero-order valence-corrected chi connectivity index (χ0v) is 15.3. The molecule has 1 fully saturated rings. The fraction of sp³-hybridized carbons (Fsp3) is 0.409. The van der Waals surface area contributed by atoms with Crippen LogP contribution in [0.25, 0.3) is 0 Å². The lowest BCUT2D eigenvalue weighted by Crippen LogP contribution is -2.33. The van der Waals surface area contributed by atoms with Crippen LogP contribution in [0.4, 0.5) is 0 Å². The number of carbonyl (C=O) groups excluding carboxylic acids is 1. The van der Waals surface area contributed by atoms with Gasteiger partial charge in [0.15, 0.2) is 0 Å². The fourth-order valence-electron chi connectivity index (χ4n) is 4.33. The molecule has 2 aromatic rings. The van der Waals surface area contributed by atoms with Crippen LogP contribution in [0.1, 0.15) is 35.6 Å². The highest BCUT2D eigenvalue weighted by molar-refractivity contribution is 5.85. The molecule has 4 heteroatoms. The molecule has 0 heterocycles. The van der Waals surface area contributed by atoms with Gasteiger partial charge in [0, 0.05) is 13.0 Å². The average molecular weight is 351 g/mol. The molecule has 1 saturated carbocycles. The van der Waals surface area contributed by atoms with Gasteiger partial charge in [-0.3, -0.25) is 4.79 Å². The highest BCUT2D eigenvalue weighted by Crippen LogP contribution is 2.61. The first-order valence-corrected chi connectivity index (χ1v) is 9.32. The quantitative estimate of drug-likeness (QED) is 0.831. The summed E-state index contributed by atoms with van der Waals surface area (Å²) in [5.74, 6) is 1.95. The van der Waals surface area contributed by atoms with Crippen molar-refractivity contribution in [2.75, 3.05) is 20.3 Å². The van der Waals surface area contributed by atoms with Crippen LogP contribution in [-0.4, -0.2) is 26.2 Å². The number of methoxy groups -OCH3 is 1. The number of fused-ring (bicyclic) bond motifs is 3. The molecule has 0 aliphatic heterocycles. The van der Waals surface area contributed by atoms with E-state index < -0.39 is 0 Å². The molecule has 0 bridgehead atoms. The van der Waals surface area contributed by atoms with Gasteiger partial charge in [0.05, 0.1) is 19.3 Å². The first-order chi connectivity index (χ1) is 12.7. The Morgan fingerprint density at radius 3 is 2.69 bits per heavy atom. The first kappa shape index (κ1) is 17.1. The molecule has 2 aliphatic carbocycles. The summed E-state index contributed by atoms with van der Waals surface area (Å²) in [6.07, 6.45) is 1.02. The second kappa shape index (κ2) is 7.12. The van der Waals surface area contributed by atoms with Crippen molar-refractivity contribution in [1.82, 2.24) is 5.32 Å². The molecule has 0 saturated heterocycles. The number of benzene rings is 2. The molecule has 0 radical (unpaired) electrons. The minimum Gasteiger partial charge on any atom is -0.494 e. The molecular formula is C22H25NO3. The third kappa shape index (κ3) is 3.10. The van der Waals surface area contributed by atoms with E-state index in [1.165, 1.54) is 11.1 Å². The Morgan fingerprint density at radius 2 is 1.96 bits per heavy atom. The van der Waals surface area contributed by atoms with Gasteiger partial charge in [-0.2, -0.15) is 0 Å². The SMILES string of the molecule is CCOc1ccc([C@H](COC)NC(=O)C2C3Cc4ccccc4C32)cc1. The van der Waals surface area contributed by atoms with Crippen molar-refractivity contribution in [3.63, 3.8) is 0 Å². The van der Waals surface area contributed by atoms with Crippen molar-refractivity contribution < 1.29 is 14.3 Å². The van der Waals surface area contributed by atoms with Crippen LogP contribution in [0.5, 0.6) is 5.75 Å². The van der Waals surface area contributed by atoms with Crippen molar-refractivity contribution in [1.29, 1.82) is 0 Å². The van der Waals surface area contributed by atoms with E-state index in [1.807, 2.05) is 31.2 Å². The maximum atomic E-state index is 12.9. The molecule has 26 heavy (non-hydrogen) atoms. The van der Waals surface area contributed by atoms with Crippen molar-refractivity contribution >= 4 is 5.91 Å². The Balaban J connectivity index is 1.44. The number of amides is 1. The summed E-state index contributed by atoms with van der Waals surface area (Å²) >= 11 is 0. The molecular weight excluding hydrogens is 326 g/mol. The number of ether oxygens (including phenoxy) is 2. The Labute approximate surface area is 154 Å². The highest BCUT2D eigenvalue weighted by atomic mass is 16.5. The van der Waals surface area contributed by atoms with Gasteiger partial charge in [-0.1, -0.05) is 36.4 Å². The zero-order chi connectivity index (χ0) is 18.1. The predicted octanol–water partition coefficient (Wildman–Crippen LogP) is 3.47. The Kier molecular flexibility index (Phi) is 4.68. The zero-order valence-electron chi connectivity index (χ0n) is 15.3. The van der Waals surface area contributed by atoms with Crippen LogP contribution in [0.3, 0.4) is 0 Å². The smallest absolute Gasteiger partial charge is 0.224 e. The van der Waals surface area contributed by atoms with E-state index in [0.29, 0.717) is 25.0 Å². The molecule has 0 aromatic heterocycles. The highest BCUT2D eigenvalue weighted by Gasteiger charge is 2.59. The van der Waals surface area contributed by atoms with Crippen molar-refractivity contribution in [2.45, 2.75) is 25.3 Å². The lowest BCUT2D eigenvalue weighted by Gasteiger charge is -2.19. The molecule has 4 rings (SSSR count). The van der Waals surface area contributed by atoms with Crippen LogP contribution in [0.2, 0.25) is 0 Å². The van der Waals surface area contributed by atoms with E-state index in [0.717, 1.165) is 17.7 Å². The number of carbonyl (C=O) groups is 1. The van der Waals surface area contributed by atoms with Gasteiger partial charge in [-0.05, 0) is 54.0 Å². The summed E-state index contributed by atoms with van der Waals surface area (Å²) < 4.78 is 10.8. The van der Waals surface area contributed by atoms with Gasteiger partial charge in [0.2, 0.25) is 5.91 Å². The van der Waals surface area contributed by atoms with Crippen LogP contribution in [0, 0.1) is 11.8 Å². The molecule has 1 N–H and O–H groups in total. The van der Waals surface area contributed by atoms with Gasteiger partial charge >= 0.3 is 0 Å². The van der Waals surface area contributed by atoms with E-state index in [-0.39, 0.29) is 17.9 Å². The van der Waals surface area contributed by atoms with E-state index in [2.05, 4.69) is 29.6 Å². The summed E-state index contributed by atoms with van der Waals surface area (Å²) in [4.78, 5) is 12.9. The molecule has 0 spiro atoms. The summed E-state index contributed by atoms with van der Waals surface area (Å²) in [6, 6.07) is 16.2. The van der Waals surface area contributed by atoms with Crippen molar-refractivity contribution in [3.05, 3.63) is 65.2 Å². The molecule has 136 valence electrons. The van der Waals surface area contributed by atoms with Gasteiger partial charge in [-0.15, -0.1) is 0 Å². The second-order valence-electron chi connectivity index (χ2n) is 7.14. The third-order valence-electron chi connectivity index (χ3n) is 5.58. The number of rotatable bonds is 7. The Hall–Kier alpha value is -2.33.